The third kappa shape index (κ3) is 5.18. The zero-order valence-corrected chi connectivity index (χ0v) is 15.1. The number of alkyl halides is 3. The first kappa shape index (κ1) is 20.7. The van der Waals surface area contributed by atoms with Gasteiger partial charge in [0.2, 0.25) is 6.41 Å². The minimum atomic E-state index is -4.72. The molecule has 146 valence electrons. The lowest BCUT2D eigenvalue weighted by Gasteiger charge is -2.36. The Morgan fingerprint density at radius 3 is 2.52 bits per heavy atom. The quantitative estimate of drug-likeness (QED) is 0.614. The van der Waals surface area contributed by atoms with E-state index in [4.69, 9.17) is 0 Å². The number of halogens is 4. The number of likely N-dealkylation sites (tertiary alicyclic amines) is 1. The highest BCUT2D eigenvalue weighted by Crippen LogP contribution is 2.33. The molecule has 1 aliphatic rings. The summed E-state index contributed by atoms with van der Waals surface area (Å²) in [6.45, 7) is 6.05. The Morgan fingerprint density at radius 2 is 1.93 bits per heavy atom. The molecule has 0 bridgehead atoms. The highest BCUT2D eigenvalue weighted by Gasteiger charge is 2.34. The summed E-state index contributed by atoms with van der Waals surface area (Å²) in [5.74, 6) is -0.973. The number of pyridine rings is 1. The number of hydrogen-bond donors (Lipinski definition) is 1. The molecule has 1 fully saturated rings. The average molecular weight is 383 g/mol. The van der Waals surface area contributed by atoms with Crippen molar-refractivity contribution in [3.8, 4) is 11.3 Å². The molecule has 4 nitrogen and oxygen atoms in total. The number of rotatable bonds is 5. The molecule has 0 spiro atoms. The Labute approximate surface area is 155 Å². The Kier molecular flexibility index (Phi) is 6.76. The number of carbonyl (C=O) groups excluding carboxylic acids is 1. The van der Waals surface area contributed by atoms with E-state index in [1.807, 2.05) is 13.8 Å². The molecule has 0 unspecified atom stereocenters. The van der Waals surface area contributed by atoms with Gasteiger partial charge in [0.1, 0.15) is 5.82 Å². The lowest BCUT2D eigenvalue weighted by atomic mass is 10.0. The van der Waals surface area contributed by atoms with Crippen molar-refractivity contribution in [2.45, 2.75) is 20.0 Å². The van der Waals surface area contributed by atoms with Crippen LogP contribution in [0.5, 0.6) is 0 Å². The largest absolute Gasteiger partial charge is 0.419 e. The number of nitrogens with one attached hydrogen (secondary N) is 1. The fourth-order valence-electron chi connectivity index (χ4n) is 2.69. The van der Waals surface area contributed by atoms with Crippen LogP contribution in [0.15, 0.2) is 36.5 Å². The molecule has 1 aromatic carbocycles. The maximum atomic E-state index is 13.7. The first-order valence-corrected chi connectivity index (χ1v) is 8.63. The van der Waals surface area contributed by atoms with Gasteiger partial charge in [-0.05, 0) is 24.3 Å². The summed E-state index contributed by atoms with van der Waals surface area (Å²) >= 11 is 0. The molecule has 0 aliphatic carbocycles. The van der Waals surface area contributed by atoms with Crippen molar-refractivity contribution in [3.05, 3.63) is 47.9 Å². The number of hydrogen-bond acceptors (Lipinski definition) is 3. The molecule has 0 saturated carbocycles. The molecule has 1 saturated heterocycles. The Morgan fingerprint density at radius 1 is 1.22 bits per heavy atom. The van der Waals surface area contributed by atoms with Crippen LogP contribution in [-0.4, -0.2) is 35.9 Å². The van der Waals surface area contributed by atoms with Crippen molar-refractivity contribution in [1.29, 1.82) is 0 Å². The van der Waals surface area contributed by atoms with Gasteiger partial charge in [0, 0.05) is 43.0 Å². The molecule has 2 aromatic rings. The maximum Gasteiger partial charge on any atom is 0.419 e. The topological polar surface area (TPSA) is 45.2 Å². The van der Waals surface area contributed by atoms with Crippen molar-refractivity contribution in [2.75, 3.05) is 25.0 Å². The zero-order chi connectivity index (χ0) is 20.0. The third-order valence-electron chi connectivity index (χ3n) is 4.06. The van der Waals surface area contributed by atoms with Gasteiger partial charge in [-0.3, -0.25) is 9.78 Å². The first-order chi connectivity index (χ1) is 12.9. The van der Waals surface area contributed by atoms with Crippen LogP contribution in [0.25, 0.3) is 11.3 Å². The molecule has 27 heavy (non-hydrogen) atoms. The van der Waals surface area contributed by atoms with E-state index in [2.05, 4.69) is 10.3 Å². The van der Waals surface area contributed by atoms with Gasteiger partial charge in [0.05, 0.1) is 11.3 Å². The minimum absolute atomic E-state index is 0.268. The second kappa shape index (κ2) is 8.83. The van der Waals surface area contributed by atoms with E-state index in [0.717, 1.165) is 24.2 Å². The molecule has 8 heteroatoms. The summed E-state index contributed by atoms with van der Waals surface area (Å²) < 4.78 is 51.6. The SMILES string of the molecule is CC.O=CN1CC(CNc2ccnc(-c3ccc(C(F)(F)F)c(F)c3)c2)C1. The predicted octanol–water partition coefficient (Wildman–Crippen LogP) is 4.43. The maximum absolute atomic E-state index is 13.7. The van der Waals surface area contributed by atoms with E-state index in [1.165, 1.54) is 12.3 Å². The van der Waals surface area contributed by atoms with Gasteiger partial charge in [-0.25, -0.2) is 4.39 Å². The Bertz CT molecular complexity index is 774. The lowest BCUT2D eigenvalue weighted by molar-refractivity contribution is -0.140. The Hall–Kier alpha value is -2.64. The van der Waals surface area contributed by atoms with Crippen LogP contribution in [0.2, 0.25) is 0 Å². The van der Waals surface area contributed by atoms with Crippen molar-refractivity contribution >= 4 is 12.1 Å². The Balaban J connectivity index is 0.00000126. The second-order valence-corrected chi connectivity index (χ2v) is 5.93. The lowest BCUT2D eigenvalue weighted by Crippen LogP contribution is -2.48. The number of anilines is 1. The predicted molar refractivity (Wildman–Crippen MR) is 95.6 cm³/mol. The number of benzene rings is 1. The van der Waals surface area contributed by atoms with Crippen LogP contribution in [0.4, 0.5) is 23.2 Å². The van der Waals surface area contributed by atoms with Gasteiger partial charge in [0.15, 0.2) is 0 Å². The van der Waals surface area contributed by atoms with Gasteiger partial charge in [-0.2, -0.15) is 13.2 Å². The van der Waals surface area contributed by atoms with Gasteiger partial charge < -0.3 is 10.2 Å². The molecule has 2 heterocycles. The number of nitrogens with zero attached hydrogens (tertiary/aromatic N) is 2. The van der Waals surface area contributed by atoms with Crippen LogP contribution in [-0.2, 0) is 11.0 Å². The molecule has 3 rings (SSSR count). The van der Waals surface area contributed by atoms with Crippen LogP contribution in [0, 0.1) is 11.7 Å². The van der Waals surface area contributed by atoms with Crippen molar-refractivity contribution in [1.82, 2.24) is 9.88 Å². The van der Waals surface area contributed by atoms with Gasteiger partial charge in [-0.1, -0.05) is 19.9 Å². The molecule has 1 amide bonds. The van der Waals surface area contributed by atoms with Crippen molar-refractivity contribution in [3.63, 3.8) is 0 Å². The smallest absolute Gasteiger partial charge is 0.385 e. The molecule has 0 radical (unpaired) electrons. The van der Waals surface area contributed by atoms with Crippen LogP contribution in [0.3, 0.4) is 0 Å². The van der Waals surface area contributed by atoms with E-state index < -0.39 is 17.6 Å². The van der Waals surface area contributed by atoms with Gasteiger partial charge >= 0.3 is 6.18 Å². The fraction of sp³-hybridized carbons (Fsp3) is 0.368. The summed E-state index contributed by atoms with van der Waals surface area (Å²) in [5, 5.41) is 3.20. The highest BCUT2D eigenvalue weighted by atomic mass is 19.4. The summed E-state index contributed by atoms with van der Waals surface area (Å²) in [6.07, 6.45) is -2.41. The zero-order valence-electron chi connectivity index (χ0n) is 15.1. The third-order valence-corrected chi connectivity index (χ3v) is 4.06. The number of aromatic nitrogens is 1. The second-order valence-electron chi connectivity index (χ2n) is 5.93. The summed E-state index contributed by atoms with van der Waals surface area (Å²) in [5.41, 5.74) is 0.0794. The molecular formula is C19H21F4N3O. The van der Waals surface area contributed by atoms with Gasteiger partial charge in [0.25, 0.3) is 0 Å². The number of amides is 1. The van der Waals surface area contributed by atoms with Crippen molar-refractivity contribution < 1.29 is 22.4 Å². The summed E-state index contributed by atoms with van der Waals surface area (Å²) in [7, 11) is 0. The first-order valence-electron chi connectivity index (χ1n) is 8.63. The summed E-state index contributed by atoms with van der Waals surface area (Å²) in [4.78, 5) is 16.3. The molecular weight excluding hydrogens is 362 g/mol. The highest BCUT2D eigenvalue weighted by molar-refractivity contribution is 5.64. The van der Waals surface area contributed by atoms with Crippen molar-refractivity contribution in [2.24, 2.45) is 5.92 Å². The molecule has 1 aliphatic heterocycles. The average Bonchev–Trinajstić information content (AvgIpc) is 2.61. The van der Waals surface area contributed by atoms with E-state index >= 15 is 0 Å². The van der Waals surface area contributed by atoms with Gasteiger partial charge in [-0.15, -0.1) is 0 Å². The fourth-order valence-corrected chi connectivity index (χ4v) is 2.69. The van der Waals surface area contributed by atoms with E-state index in [9.17, 15) is 22.4 Å². The number of carbonyl (C=O) groups is 1. The monoisotopic (exact) mass is 383 g/mol. The van der Waals surface area contributed by atoms with E-state index in [0.29, 0.717) is 31.2 Å². The minimum Gasteiger partial charge on any atom is -0.385 e. The molecule has 1 aromatic heterocycles. The van der Waals surface area contributed by atoms with E-state index in [1.54, 1.807) is 17.0 Å². The summed E-state index contributed by atoms with van der Waals surface area (Å²) in [6, 6.07) is 6.13. The molecule has 1 N–H and O–H groups in total. The van der Waals surface area contributed by atoms with Crippen LogP contribution in [0.1, 0.15) is 19.4 Å². The van der Waals surface area contributed by atoms with Crippen LogP contribution >= 0.6 is 0 Å². The standard InChI is InChI=1S/C17H15F4N3O.C2H6/c18-15-5-12(1-2-14(15)17(19,20)21)16-6-13(3-4-22-16)23-7-11-8-24(9-11)10-25;1-2/h1-6,10-11H,7-9H2,(H,22,23);1-2H3. The molecule has 0 atom stereocenters. The van der Waals surface area contributed by atoms with E-state index in [-0.39, 0.29) is 5.56 Å². The van der Waals surface area contributed by atoms with Crippen LogP contribution < -0.4 is 5.32 Å². The normalized spacial score (nSPS) is 14.1.